The molecule has 0 bridgehead atoms. The number of alkyl halides is 3. The van der Waals surface area contributed by atoms with Gasteiger partial charge in [0.25, 0.3) is 0 Å². The van der Waals surface area contributed by atoms with E-state index in [0.717, 1.165) is 0 Å². The zero-order valence-electron chi connectivity index (χ0n) is 9.75. The van der Waals surface area contributed by atoms with E-state index in [1.807, 2.05) is 0 Å². The number of hydrogen-bond donors (Lipinski definition) is 0. The van der Waals surface area contributed by atoms with Crippen LogP contribution in [0.5, 0.6) is 0 Å². The van der Waals surface area contributed by atoms with Gasteiger partial charge >= 0.3 is 6.18 Å². The highest BCUT2D eigenvalue weighted by Crippen LogP contribution is 2.34. The molecule has 0 radical (unpaired) electrons. The quantitative estimate of drug-likeness (QED) is 0.788. The molecule has 102 valence electrons. The predicted molar refractivity (Wildman–Crippen MR) is 58.8 cm³/mol. The van der Waals surface area contributed by atoms with Gasteiger partial charge in [-0.25, -0.2) is 4.39 Å². The molecular weight excluding hydrogens is 264 g/mol. The third-order valence-corrected chi connectivity index (χ3v) is 3.30. The molecule has 2 heterocycles. The minimum Gasteiger partial charge on any atom is -0.356 e. The van der Waals surface area contributed by atoms with Crippen molar-refractivity contribution in [1.82, 2.24) is 10.1 Å². The fourth-order valence-electron chi connectivity index (χ4n) is 2.20. The van der Waals surface area contributed by atoms with Gasteiger partial charge in [0.2, 0.25) is 0 Å². The number of rotatable bonds is 2. The van der Waals surface area contributed by atoms with Crippen molar-refractivity contribution < 1.29 is 22.1 Å². The number of benzene rings is 1. The molecule has 1 aliphatic heterocycles. The van der Waals surface area contributed by atoms with Crippen LogP contribution in [0.25, 0.3) is 11.0 Å². The molecule has 0 unspecified atom stereocenters. The fourth-order valence-corrected chi connectivity index (χ4v) is 2.20. The van der Waals surface area contributed by atoms with Crippen LogP contribution in [-0.2, 0) is 6.54 Å². The van der Waals surface area contributed by atoms with E-state index in [4.69, 9.17) is 4.52 Å². The monoisotopic (exact) mass is 274 g/mol. The zero-order valence-corrected chi connectivity index (χ0v) is 9.75. The minimum atomic E-state index is -4.13. The lowest BCUT2D eigenvalue weighted by atomic mass is 9.99. The Morgan fingerprint density at radius 1 is 1.32 bits per heavy atom. The molecule has 3 rings (SSSR count). The Kier molecular flexibility index (Phi) is 2.74. The van der Waals surface area contributed by atoms with Crippen molar-refractivity contribution in [2.24, 2.45) is 5.92 Å². The summed E-state index contributed by atoms with van der Waals surface area (Å²) in [7, 11) is 0. The Bertz CT molecular complexity index is 601. The second-order valence-electron chi connectivity index (χ2n) is 4.70. The van der Waals surface area contributed by atoms with Gasteiger partial charge in [-0.15, -0.1) is 0 Å². The van der Waals surface area contributed by atoms with Crippen LogP contribution in [0.4, 0.5) is 17.6 Å². The normalized spacial score (nSPS) is 17.9. The molecule has 1 aromatic carbocycles. The van der Waals surface area contributed by atoms with Crippen molar-refractivity contribution >= 4 is 11.0 Å². The van der Waals surface area contributed by atoms with Crippen molar-refractivity contribution in [3.8, 4) is 0 Å². The maximum atomic E-state index is 12.9. The molecule has 1 fully saturated rings. The Hall–Kier alpha value is -1.63. The number of hydrogen-bond acceptors (Lipinski definition) is 3. The lowest BCUT2D eigenvalue weighted by Gasteiger charge is -2.39. The van der Waals surface area contributed by atoms with Gasteiger partial charge in [-0.1, -0.05) is 5.16 Å². The first-order valence-corrected chi connectivity index (χ1v) is 5.76. The van der Waals surface area contributed by atoms with E-state index in [1.54, 1.807) is 4.90 Å². The van der Waals surface area contributed by atoms with Crippen molar-refractivity contribution in [3.63, 3.8) is 0 Å². The number of halogens is 4. The highest BCUT2D eigenvalue weighted by molar-refractivity contribution is 5.79. The molecule has 0 N–H and O–H groups in total. The molecule has 0 amide bonds. The molecule has 3 nitrogen and oxygen atoms in total. The summed E-state index contributed by atoms with van der Waals surface area (Å²) in [5.41, 5.74) is 0.846. The van der Waals surface area contributed by atoms with Gasteiger partial charge in [0.15, 0.2) is 5.58 Å². The summed E-state index contributed by atoms with van der Waals surface area (Å²) in [5, 5.41) is 4.42. The largest absolute Gasteiger partial charge is 0.394 e. The average molecular weight is 274 g/mol. The number of fused-ring (bicyclic) bond motifs is 1. The van der Waals surface area contributed by atoms with Crippen LogP contribution in [0, 0.1) is 11.7 Å². The Morgan fingerprint density at radius 3 is 2.74 bits per heavy atom. The molecule has 0 aliphatic carbocycles. The first-order chi connectivity index (χ1) is 8.93. The molecule has 2 aromatic rings. The molecule has 19 heavy (non-hydrogen) atoms. The van der Waals surface area contributed by atoms with Crippen LogP contribution in [-0.4, -0.2) is 29.3 Å². The van der Waals surface area contributed by atoms with Gasteiger partial charge in [-0.2, -0.15) is 13.2 Å². The molecule has 0 spiro atoms. The molecule has 1 saturated heterocycles. The highest BCUT2D eigenvalue weighted by atomic mass is 19.4. The Labute approximate surface area is 105 Å². The molecule has 1 aliphatic rings. The summed E-state index contributed by atoms with van der Waals surface area (Å²) in [4.78, 5) is 1.64. The summed E-state index contributed by atoms with van der Waals surface area (Å²) in [6.07, 6.45) is -4.13. The SMILES string of the molecule is Fc1ccc2c(CN3CC(C(F)(F)F)C3)noc2c1. The van der Waals surface area contributed by atoms with Gasteiger partial charge in [-0.3, -0.25) is 4.90 Å². The van der Waals surface area contributed by atoms with Crippen LogP contribution < -0.4 is 0 Å². The fraction of sp³-hybridized carbons (Fsp3) is 0.417. The lowest BCUT2D eigenvalue weighted by Crippen LogP contribution is -2.52. The summed E-state index contributed by atoms with van der Waals surface area (Å²) >= 11 is 0. The summed E-state index contributed by atoms with van der Waals surface area (Å²) < 4.78 is 54.9. The van der Waals surface area contributed by atoms with Crippen molar-refractivity contribution in [3.05, 3.63) is 29.7 Å². The van der Waals surface area contributed by atoms with Gasteiger partial charge in [0.1, 0.15) is 11.5 Å². The highest BCUT2D eigenvalue weighted by Gasteiger charge is 2.47. The van der Waals surface area contributed by atoms with Crippen LogP contribution in [0.15, 0.2) is 22.7 Å². The molecule has 7 heteroatoms. The molecular formula is C12H10F4N2O. The third kappa shape index (κ3) is 2.30. The zero-order chi connectivity index (χ0) is 13.6. The summed E-state index contributed by atoms with van der Waals surface area (Å²) in [6.45, 7) is 0.226. The van der Waals surface area contributed by atoms with Crippen LogP contribution >= 0.6 is 0 Å². The minimum absolute atomic E-state index is 0.0287. The van der Waals surface area contributed by atoms with E-state index in [-0.39, 0.29) is 19.6 Å². The number of likely N-dealkylation sites (tertiary alicyclic amines) is 1. The number of nitrogens with zero attached hydrogens (tertiary/aromatic N) is 2. The van der Waals surface area contributed by atoms with Crippen molar-refractivity contribution in [1.29, 1.82) is 0 Å². The van der Waals surface area contributed by atoms with Gasteiger partial charge < -0.3 is 4.52 Å². The van der Waals surface area contributed by atoms with Gasteiger partial charge in [0.05, 0.1) is 5.92 Å². The van der Waals surface area contributed by atoms with E-state index >= 15 is 0 Å². The predicted octanol–water partition coefficient (Wildman–Crippen LogP) is 2.96. The first kappa shape index (κ1) is 12.4. The standard InChI is InChI=1S/C12H10F4N2O/c13-8-1-2-9-10(17-19-11(9)3-8)6-18-4-7(5-18)12(14,15)16/h1-3,7H,4-6H2. The Balaban J connectivity index is 1.71. The molecule has 0 saturated carbocycles. The molecule has 1 aromatic heterocycles. The number of aromatic nitrogens is 1. The Morgan fingerprint density at radius 2 is 2.05 bits per heavy atom. The van der Waals surface area contributed by atoms with Crippen molar-refractivity contribution in [2.75, 3.05) is 13.1 Å². The van der Waals surface area contributed by atoms with Gasteiger partial charge in [-0.05, 0) is 12.1 Å². The van der Waals surface area contributed by atoms with E-state index < -0.39 is 17.9 Å². The third-order valence-electron chi connectivity index (χ3n) is 3.30. The maximum Gasteiger partial charge on any atom is 0.394 e. The van der Waals surface area contributed by atoms with E-state index in [1.165, 1.54) is 18.2 Å². The maximum absolute atomic E-state index is 12.9. The first-order valence-electron chi connectivity index (χ1n) is 5.76. The van der Waals surface area contributed by atoms with Crippen molar-refractivity contribution in [2.45, 2.75) is 12.7 Å². The van der Waals surface area contributed by atoms with E-state index in [0.29, 0.717) is 16.7 Å². The second-order valence-corrected chi connectivity index (χ2v) is 4.70. The van der Waals surface area contributed by atoms with Crippen LogP contribution in [0.3, 0.4) is 0 Å². The van der Waals surface area contributed by atoms with E-state index in [2.05, 4.69) is 5.16 Å². The smallest absolute Gasteiger partial charge is 0.356 e. The topological polar surface area (TPSA) is 29.3 Å². The molecule has 0 atom stereocenters. The summed E-state index contributed by atoms with van der Waals surface area (Å²) in [6, 6.07) is 4.01. The van der Waals surface area contributed by atoms with Gasteiger partial charge in [0, 0.05) is 31.1 Å². The lowest BCUT2D eigenvalue weighted by molar-refractivity contribution is -0.210. The van der Waals surface area contributed by atoms with Crippen LogP contribution in [0.1, 0.15) is 5.69 Å². The average Bonchev–Trinajstić information content (AvgIpc) is 2.63. The van der Waals surface area contributed by atoms with Crippen LogP contribution in [0.2, 0.25) is 0 Å². The summed E-state index contributed by atoms with van der Waals surface area (Å²) in [5.74, 6) is -1.70. The van der Waals surface area contributed by atoms with E-state index in [9.17, 15) is 17.6 Å². The second kappa shape index (κ2) is 4.19.